The number of nitrogens with one attached hydrogen (secondary N) is 1. The molecule has 0 saturated heterocycles. The Balaban J connectivity index is 2.14. The maximum atomic E-state index is 5.82. The van der Waals surface area contributed by atoms with Gasteiger partial charge in [-0.25, -0.2) is 0 Å². The van der Waals surface area contributed by atoms with Gasteiger partial charge in [-0.05, 0) is 22.0 Å². The van der Waals surface area contributed by atoms with Gasteiger partial charge < -0.3 is 11.1 Å². The summed E-state index contributed by atoms with van der Waals surface area (Å²) in [4.78, 5) is 3.98. The number of rotatable bonds is 3. The lowest BCUT2D eigenvalue weighted by molar-refractivity contribution is 0.720. The molecule has 0 spiro atoms. The molecule has 0 fully saturated rings. The van der Waals surface area contributed by atoms with Crippen LogP contribution < -0.4 is 11.1 Å². The Morgan fingerprint density at radius 1 is 1.50 bits per heavy atom. The molecule has 0 unspecified atom stereocenters. The zero-order valence-corrected chi connectivity index (χ0v) is 10.4. The third kappa shape index (κ3) is 2.16. The van der Waals surface area contributed by atoms with Gasteiger partial charge in [0.1, 0.15) is 0 Å². The highest BCUT2D eigenvalue weighted by Gasteiger charge is 2.05. The van der Waals surface area contributed by atoms with Gasteiger partial charge in [0.25, 0.3) is 0 Å². The molecule has 0 saturated carbocycles. The van der Waals surface area contributed by atoms with Gasteiger partial charge >= 0.3 is 0 Å². The molecule has 0 bridgehead atoms. The Bertz CT molecular complexity index is 473. The molecule has 5 nitrogen and oxygen atoms in total. The molecule has 0 atom stereocenters. The van der Waals surface area contributed by atoms with Gasteiger partial charge in [-0.3, -0.25) is 9.67 Å². The molecule has 0 aromatic carbocycles. The average molecular weight is 282 g/mol. The molecular formula is C10H12BrN5. The van der Waals surface area contributed by atoms with Gasteiger partial charge in [0.15, 0.2) is 0 Å². The second-order valence-corrected chi connectivity index (χ2v) is 4.24. The number of hydrogen-bond donors (Lipinski definition) is 2. The van der Waals surface area contributed by atoms with E-state index in [1.54, 1.807) is 18.6 Å². The first-order valence-electron chi connectivity index (χ1n) is 4.78. The van der Waals surface area contributed by atoms with E-state index in [2.05, 4.69) is 31.3 Å². The first-order chi connectivity index (χ1) is 7.68. The fourth-order valence-corrected chi connectivity index (χ4v) is 1.88. The number of nitrogen functional groups attached to an aromatic ring is 1. The second-order valence-electron chi connectivity index (χ2n) is 3.39. The fraction of sp³-hybridized carbons (Fsp3) is 0.200. The summed E-state index contributed by atoms with van der Waals surface area (Å²) in [7, 11) is 1.90. The summed E-state index contributed by atoms with van der Waals surface area (Å²) in [6, 6.07) is 1.96. The predicted molar refractivity (Wildman–Crippen MR) is 66.9 cm³/mol. The molecule has 0 aliphatic carbocycles. The lowest BCUT2D eigenvalue weighted by Crippen LogP contribution is -2.07. The second kappa shape index (κ2) is 4.52. The molecule has 2 heterocycles. The van der Waals surface area contributed by atoms with Gasteiger partial charge in [0.05, 0.1) is 34.3 Å². The molecule has 0 amide bonds. The van der Waals surface area contributed by atoms with E-state index < -0.39 is 0 Å². The van der Waals surface area contributed by atoms with Crippen LogP contribution in [0.2, 0.25) is 0 Å². The Hall–Kier alpha value is -1.56. The SMILES string of the molecule is Cn1nccc1CNc1c(N)cncc1Br. The van der Waals surface area contributed by atoms with E-state index in [4.69, 9.17) is 5.73 Å². The van der Waals surface area contributed by atoms with Crippen LogP contribution in [0.5, 0.6) is 0 Å². The predicted octanol–water partition coefficient (Wildman–Crippen LogP) is 1.77. The van der Waals surface area contributed by atoms with Crippen molar-refractivity contribution in [2.45, 2.75) is 6.54 Å². The monoisotopic (exact) mass is 281 g/mol. The molecule has 0 radical (unpaired) electrons. The van der Waals surface area contributed by atoms with Crippen LogP contribution in [0, 0.1) is 0 Å². The Morgan fingerprint density at radius 3 is 2.94 bits per heavy atom. The van der Waals surface area contributed by atoms with E-state index in [0.29, 0.717) is 12.2 Å². The molecule has 84 valence electrons. The minimum Gasteiger partial charge on any atom is -0.396 e. The van der Waals surface area contributed by atoms with Crippen molar-refractivity contribution in [3.05, 3.63) is 34.8 Å². The standard InChI is InChI=1S/C10H12BrN5/c1-16-7(2-3-15-16)4-14-10-8(11)5-13-6-9(10)12/h2-3,5-6H,4,12H2,1H3,(H,13,14). The van der Waals surface area contributed by atoms with Gasteiger partial charge in [0.2, 0.25) is 0 Å². The summed E-state index contributed by atoms with van der Waals surface area (Å²) in [6.07, 6.45) is 5.10. The summed E-state index contributed by atoms with van der Waals surface area (Å²) < 4.78 is 2.67. The number of anilines is 2. The molecule has 2 aromatic rings. The van der Waals surface area contributed by atoms with Crippen molar-refractivity contribution in [3.8, 4) is 0 Å². The van der Waals surface area contributed by atoms with Crippen LogP contribution in [-0.4, -0.2) is 14.8 Å². The Kier molecular flexibility index (Phi) is 3.09. The number of nitrogens with zero attached hydrogens (tertiary/aromatic N) is 3. The highest BCUT2D eigenvalue weighted by Crippen LogP contribution is 2.27. The molecule has 16 heavy (non-hydrogen) atoms. The zero-order valence-electron chi connectivity index (χ0n) is 8.81. The molecule has 0 aliphatic rings. The molecule has 3 N–H and O–H groups in total. The van der Waals surface area contributed by atoms with Crippen molar-refractivity contribution in [2.24, 2.45) is 7.05 Å². The number of nitrogens with two attached hydrogens (primary N) is 1. The number of aromatic nitrogens is 3. The van der Waals surface area contributed by atoms with Crippen LogP contribution >= 0.6 is 15.9 Å². The van der Waals surface area contributed by atoms with Crippen LogP contribution in [-0.2, 0) is 13.6 Å². The van der Waals surface area contributed by atoms with Gasteiger partial charge in [-0.2, -0.15) is 5.10 Å². The lowest BCUT2D eigenvalue weighted by atomic mass is 10.3. The minimum absolute atomic E-state index is 0.622. The number of hydrogen-bond acceptors (Lipinski definition) is 4. The van der Waals surface area contributed by atoms with E-state index in [1.165, 1.54) is 0 Å². The van der Waals surface area contributed by atoms with E-state index in [-0.39, 0.29) is 0 Å². The minimum atomic E-state index is 0.622. The molecule has 6 heteroatoms. The van der Waals surface area contributed by atoms with Crippen molar-refractivity contribution in [3.63, 3.8) is 0 Å². The molecule has 0 aliphatic heterocycles. The summed E-state index contributed by atoms with van der Waals surface area (Å²) in [6.45, 7) is 0.670. The van der Waals surface area contributed by atoms with E-state index in [9.17, 15) is 0 Å². The average Bonchev–Trinajstić information content (AvgIpc) is 2.64. The van der Waals surface area contributed by atoms with Crippen LogP contribution in [0.4, 0.5) is 11.4 Å². The largest absolute Gasteiger partial charge is 0.396 e. The number of pyridine rings is 1. The first-order valence-corrected chi connectivity index (χ1v) is 5.57. The van der Waals surface area contributed by atoms with Gasteiger partial charge in [-0.15, -0.1) is 0 Å². The quantitative estimate of drug-likeness (QED) is 0.900. The zero-order chi connectivity index (χ0) is 11.5. The highest BCUT2D eigenvalue weighted by molar-refractivity contribution is 9.10. The van der Waals surface area contributed by atoms with Crippen LogP contribution in [0.1, 0.15) is 5.69 Å². The first kappa shape index (κ1) is 10.9. The maximum absolute atomic E-state index is 5.82. The van der Waals surface area contributed by atoms with Crippen LogP contribution in [0.3, 0.4) is 0 Å². The molecule has 2 rings (SSSR count). The van der Waals surface area contributed by atoms with Crippen molar-refractivity contribution in [1.82, 2.24) is 14.8 Å². The topological polar surface area (TPSA) is 68.8 Å². The molecular weight excluding hydrogens is 270 g/mol. The van der Waals surface area contributed by atoms with E-state index in [0.717, 1.165) is 15.9 Å². The van der Waals surface area contributed by atoms with Gasteiger partial charge in [-0.1, -0.05) is 0 Å². The highest BCUT2D eigenvalue weighted by atomic mass is 79.9. The summed E-state index contributed by atoms with van der Waals surface area (Å²) >= 11 is 3.40. The van der Waals surface area contributed by atoms with Crippen molar-refractivity contribution < 1.29 is 0 Å². The third-order valence-corrected chi connectivity index (χ3v) is 2.90. The van der Waals surface area contributed by atoms with E-state index >= 15 is 0 Å². The Morgan fingerprint density at radius 2 is 2.31 bits per heavy atom. The third-order valence-electron chi connectivity index (χ3n) is 2.30. The van der Waals surface area contributed by atoms with Crippen molar-refractivity contribution >= 4 is 27.3 Å². The van der Waals surface area contributed by atoms with Crippen LogP contribution in [0.15, 0.2) is 29.1 Å². The fourth-order valence-electron chi connectivity index (χ4n) is 1.39. The smallest absolute Gasteiger partial charge is 0.0753 e. The number of halogens is 1. The number of aryl methyl sites for hydroxylation is 1. The van der Waals surface area contributed by atoms with Crippen LogP contribution in [0.25, 0.3) is 0 Å². The molecule has 2 aromatic heterocycles. The summed E-state index contributed by atoms with van der Waals surface area (Å²) in [5.74, 6) is 0. The summed E-state index contributed by atoms with van der Waals surface area (Å²) in [5.41, 5.74) is 8.39. The van der Waals surface area contributed by atoms with Gasteiger partial charge in [0, 0.05) is 19.4 Å². The Labute approximate surface area is 102 Å². The lowest BCUT2D eigenvalue weighted by Gasteiger charge is -2.10. The summed E-state index contributed by atoms with van der Waals surface area (Å²) in [5, 5.41) is 7.35. The van der Waals surface area contributed by atoms with Crippen molar-refractivity contribution in [1.29, 1.82) is 0 Å². The van der Waals surface area contributed by atoms with E-state index in [1.807, 2.05) is 17.8 Å². The maximum Gasteiger partial charge on any atom is 0.0753 e. The normalized spacial score (nSPS) is 10.4. The van der Waals surface area contributed by atoms with Crippen molar-refractivity contribution in [2.75, 3.05) is 11.1 Å².